The van der Waals surface area contributed by atoms with Crippen LogP contribution in [-0.4, -0.2) is 5.11 Å². The minimum absolute atomic E-state index is 0.0754. The van der Waals surface area contributed by atoms with E-state index < -0.39 is 0 Å². The highest BCUT2D eigenvalue weighted by atomic mass is 79.9. The summed E-state index contributed by atoms with van der Waals surface area (Å²) in [6, 6.07) is 6.68. The van der Waals surface area contributed by atoms with E-state index in [2.05, 4.69) is 15.9 Å². The summed E-state index contributed by atoms with van der Waals surface area (Å²) in [5, 5.41) is 10.1. The molecule has 2 rings (SSSR count). The van der Waals surface area contributed by atoms with Crippen LogP contribution in [0.3, 0.4) is 0 Å². The third kappa shape index (κ3) is 2.27. The van der Waals surface area contributed by atoms with Gasteiger partial charge < -0.3 is 5.11 Å². The van der Waals surface area contributed by atoms with E-state index in [-0.39, 0.29) is 11.6 Å². The summed E-state index contributed by atoms with van der Waals surface area (Å²) < 4.78 is 13.9. The van der Waals surface area contributed by atoms with Gasteiger partial charge >= 0.3 is 0 Å². The van der Waals surface area contributed by atoms with Crippen molar-refractivity contribution in [3.8, 4) is 16.9 Å². The van der Waals surface area contributed by atoms with Crippen LogP contribution in [0, 0.1) is 26.6 Å². The molecule has 18 heavy (non-hydrogen) atoms. The van der Waals surface area contributed by atoms with Gasteiger partial charge in [-0.05, 0) is 65.5 Å². The zero-order chi connectivity index (χ0) is 13.4. The fourth-order valence-corrected chi connectivity index (χ4v) is 2.79. The van der Waals surface area contributed by atoms with Crippen LogP contribution in [0.15, 0.2) is 28.7 Å². The summed E-state index contributed by atoms with van der Waals surface area (Å²) in [5.74, 6) is -0.291. The molecule has 0 aliphatic rings. The van der Waals surface area contributed by atoms with Crippen LogP contribution in [-0.2, 0) is 0 Å². The third-order valence-electron chi connectivity index (χ3n) is 2.97. The maximum absolute atomic E-state index is 13.5. The Bertz CT molecular complexity index is 597. The highest BCUT2D eigenvalue weighted by Crippen LogP contribution is 2.39. The lowest BCUT2D eigenvalue weighted by Crippen LogP contribution is -1.92. The van der Waals surface area contributed by atoms with Gasteiger partial charge in [-0.2, -0.15) is 0 Å². The quantitative estimate of drug-likeness (QED) is 0.795. The van der Waals surface area contributed by atoms with Crippen LogP contribution in [0.5, 0.6) is 5.75 Å². The maximum Gasteiger partial charge on any atom is 0.137 e. The van der Waals surface area contributed by atoms with Gasteiger partial charge in [0.25, 0.3) is 0 Å². The van der Waals surface area contributed by atoms with Gasteiger partial charge in [0.2, 0.25) is 0 Å². The van der Waals surface area contributed by atoms with E-state index in [1.165, 1.54) is 12.1 Å². The van der Waals surface area contributed by atoms with Gasteiger partial charge in [-0.25, -0.2) is 4.39 Å². The maximum atomic E-state index is 13.5. The molecular weight excluding hydrogens is 295 g/mol. The zero-order valence-electron chi connectivity index (χ0n) is 10.5. The summed E-state index contributed by atoms with van der Waals surface area (Å²) in [5.41, 5.74) is 4.62. The Labute approximate surface area is 114 Å². The van der Waals surface area contributed by atoms with Crippen LogP contribution in [0.25, 0.3) is 11.1 Å². The molecule has 94 valence electrons. The summed E-state index contributed by atoms with van der Waals surface area (Å²) in [6.07, 6.45) is 0. The molecule has 0 aliphatic carbocycles. The Hall–Kier alpha value is -1.35. The number of phenols is 1. The first kappa shape index (κ1) is 13.1. The topological polar surface area (TPSA) is 20.2 Å². The minimum Gasteiger partial charge on any atom is -0.506 e. The van der Waals surface area contributed by atoms with Gasteiger partial charge in [0, 0.05) is 5.56 Å². The lowest BCUT2D eigenvalue weighted by molar-refractivity contribution is 0.471. The minimum atomic E-state index is -0.367. The number of phenolic OH excluding ortho intramolecular Hbond substituents is 1. The molecule has 0 unspecified atom stereocenters. The van der Waals surface area contributed by atoms with Gasteiger partial charge in [0.1, 0.15) is 11.6 Å². The van der Waals surface area contributed by atoms with E-state index in [4.69, 9.17) is 0 Å². The number of aromatic hydroxyl groups is 1. The fraction of sp³-hybridized carbons (Fsp3) is 0.200. The van der Waals surface area contributed by atoms with E-state index in [0.717, 1.165) is 22.3 Å². The SMILES string of the molecule is Cc1cc(C)c(-c2cc(F)cc(Br)c2O)c(C)c1. The van der Waals surface area contributed by atoms with Crippen molar-refractivity contribution >= 4 is 15.9 Å². The molecule has 0 amide bonds. The summed E-state index contributed by atoms with van der Waals surface area (Å²) in [4.78, 5) is 0. The number of benzene rings is 2. The molecule has 1 N–H and O–H groups in total. The average molecular weight is 309 g/mol. The van der Waals surface area contributed by atoms with Gasteiger partial charge in [0.15, 0.2) is 0 Å². The normalized spacial score (nSPS) is 10.7. The van der Waals surface area contributed by atoms with Gasteiger partial charge in [0.05, 0.1) is 4.47 Å². The highest BCUT2D eigenvalue weighted by molar-refractivity contribution is 9.10. The molecule has 0 saturated heterocycles. The molecule has 0 radical (unpaired) electrons. The number of hydrogen-bond donors (Lipinski definition) is 1. The number of halogens is 2. The van der Waals surface area contributed by atoms with Crippen molar-refractivity contribution < 1.29 is 9.50 Å². The molecule has 2 aromatic carbocycles. The van der Waals surface area contributed by atoms with Crippen molar-refractivity contribution in [1.29, 1.82) is 0 Å². The van der Waals surface area contributed by atoms with Crippen LogP contribution in [0.2, 0.25) is 0 Å². The molecule has 0 heterocycles. The molecule has 1 nitrogen and oxygen atoms in total. The molecule has 0 aromatic heterocycles. The Kier molecular flexibility index (Phi) is 3.44. The van der Waals surface area contributed by atoms with Gasteiger partial charge in [-0.3, -0.25) is 0 Å². The third-order valence-corrected chi connectivity index (χ3v) is 3.58. The lowest BCUT2D eigenvalue weighted by atomic mass is 9.93. The average Bonchev–Trinajstić information content (AvgIpc) is 2.23. The summed E-state index contributed by atoms with van der Waals surface area (Å²) >= 11 is 3.17. The Morgan fingerprint density at radius 3 is 2.11 bits per heavy atom. The number of rotatable bonds is 1. The van der Waals surface area contributed by atoms with E-state index in [1.54, 1.807) is 0 Å². The van der Waals surface area contributed by atoms with Crippen LogP contribution >= 0.6 is 15.9 Å². The van der Waals surface area contributed by atoms with Crippen LogP contribution in [0.1, 0.15) is 16.7 Å². The Balaban J connectivity index is 2.77. The highest BCUT2D eigenvalue weighted by Gasteiger charge is 2.14. The fourth-order valence-electron chi connectivity index (χ4n) is 2.36. The monoisotopic (exact) mass is 308 g/mol. The second kappa shape index (κ2) is 4.73. The molecular formula is C15H14BrFO. The smallest absolute Gasteiger partial charge is 0.137 e. The van der Waals surface area contributed by atoms with Gasteiger partial charge in [-0.1, -0.05) is 17.7 Å². The first-order chi connectivity index (χ1) is 8.40. The first-order valence-electron chi connectivity index (χ1n) is 5.66. The second-order valence-corrected chi connectivity index (χ2v) is 5.41. The number of aryl methyl sites for hydroxylation is 3. The number of hydrogen-bond acceptors (Lipinski definition) is 1. The van der Waals surface area contributed by atoms with E-state index >= 15 is 0 Å². The van der Waals surface area contributed by atoms with E-state index in [1.807, 2.05) is 32.9 Å². The second-order valence-electron chi connectivity index (χ2n) is 4.56. The largest absolute Gasteiger partial charge is 0.506 e. The first-order valence-corrected chi connectivity index (χ1v) is 6.45. The van der Waals surface area contributed by atoms with E-state index in [9.17, 15) is 9.50 Å². The summed E-state index contributed by atoms with van der Waals surface area (Å²) in [6.45, 7) is 5.95. The van der Waals surface area contributed by atoms with Crippen LogP contribution in [0.4, 0.5) is 4.39 Å². The van der Waals surface area contributed by atoms with Crippen LogP contribution < -0.4 is 0 Å². The van der Waals surface area contributed by atoms with E-state index in [0.29, 0.717) is 10.0 Å². The van der Waals surface area contributed by atoms with Crippen molar-refractivity contribution in [2.75, 3.05) is 0 Å². The van der Waals surface area contributed by atoms with Crippen molar-refractivity contribution in [1.82, 2.24) is 0 Å². The molecule has 0 atom stereocenters. The molecule has 0 aliphatic heterocycles. The molecule has 0 fully saturated rings. The Morgan fingerprint density at radius 2 is 1.56 bits per heavy atom. The lowest BCUT2D eigenvalue weighted by Gasteiger charge is -2.14. The van der Waals surface area contributed by atoms with Gasteiger partial charge in [-0.15, -0.1) is 0 Å². The standard InChI is InChI=1S/C15H14BrFO/c1-8-4-9(2)14(10(3)5-8)12-6-11(17)7-13(16)15(12)18/h4-7,18H,1-3H3. The molecule has 3 heteroatoms. The predicted octanol–water partition coefficient (Wildman–Crippen LogP) is 4.89. The molecule has 0 bridgehead atoms. The van der Waals surface area contributed by atoms with Crippen molar-refractivity contribution in [3.05, 3.63) is 51.2 Å². The Morgan fingerprint density at radius 1 is 1.00 bits per heavy atom. The molecule has 0 saturated carbocycles. The summed E-state index contributed by atoms with van der Waals surface area (Å²) in [7, 11) is 0. The zero-order valence-corrected chi connectivity index (χ0v) is 12.1. The van der Waals surface area contributed by atoms with Crippen molar-refractivity contribution in [2.24, 2.45) is 0 Å². The van der Waals surface area contributed by atoms with Crippen molar-refractivity contribution in [2.45, 2.75) is 20.8 Å². The predicted molar refractivity (Wildman–Crippen MR) is 75.4 cm³/mol. The van der Waals surface area contributed by atoms with Crippen molar-refractivity contribution in [3.63, 3.8) is 0 Å². The molecule has 2 aromatic rings. The molecule has 0 spiro atoms.